The van der Waals surface area contributed by atoms with Crippen LogP contribution >= 0.6 is 11.6 Å². The third-order valence-corrected chi connectivity index (χ3v) is 4.48. The number of furan rings is 1. The van der Waals surface area contributed by atoms with Crippen LogP contribution in [0.1, 0.15) is 26.5 Å². The Hall–Kier alpha value is -3.65. The summed E-state index contributed by atoms with van der Waals surface area (Å²) in [6, 6.07) is 11.7. The van der Waals surface area contributed by atoms with E-state index in [1.54, 1.807) is 25.1 Å². The first-order valence-electron chi connectivity index (χ1n) is 8.34. The molecular weight excluding hydrogens is 400 g/mol. The fraction of sp³-hybridized carbons (Fsp3) is 0.100. The molecule has 0 aliphatic rings. The number of hydrogen-bond acceptors (Lipinski definition) is 6. The maximum Gasteiger partial charge on any atom is 0.337 e. The van der Waals surface area contributed by atoms with E-state index in [-0.39, 0.29) is 22.2 Å². The molecule has 29 heavy (non-hydrogen) atoms. The first kappa shape index (κ1) is 20.1. The van der Waals surface area contributed by atoms with E-state index >= 15 is 0 Å². The van der Waals surface area contributed by atoms with E-state index in [0.717, 1.165) is 5.56 Å². The van der Waals surface area contributed by atoms with Crippen LogP contribution in [0.3, 0.4) is 0 Å². The summed E-state index contributed by atoms with van der Waals surface area (Å²) in [5.74, 6) is -0.750. The molecule has 1 heterocycles. The molecule has 0 atom stereocenters. The number of rotatable bonds is 5. The van der Waals surface area contributed by atoms with Gasteiger partial charge in [-0.25, -0.2) is 4.79 Å². The van der Waals surface area contributed by atoms with Gasteiger partial charge in [0.1, 0.15) is 5.76 Å². The van der Waals surface area contributed by atoms with Gasteiger partial charge in [0.15, 0.2) is 5.76 Å². The minimum atomic E-state index is -0.554. The molecule has 8 nitrogen and oxygen atoms in total. The van der Waals surface area contributed by atoms with Crippen LogP contribution in [0.4, 0.5) is 11.4 Å². The standard InChI is InChI=1S/C20H15ClN2O6/c1-11-3-4-12(20(25)28-2)9-16(11)22-19(24)18-8-7-17(29-18)14-6-5-13(23(26)27)10-15(14)21/h3-10H,1-2H3,(H,22,24). The van der Waals surface area contributed by atoms with Crippen LogP contribution in [0.2, 0.25) is 5.02 Å². The maximum absolute atomic E-state index is 12.5. The molecule has 148 valence electrons. The molecule has 0 saturated heterocycles. The summed E-state index contributed by atoms with van der Waals surface area (Å²) in [5.41, 5.74) is 1.75. The van der Waals surface area contributed by atoms with Crippen molar-refractivity contribution in [2.24, 2.45) is 0 Å². The Kier molecular flexibility index (Phi) is 5.65. The fourth-order valence-electron chi connectivity index (χ4n) is 2.61. The van der Waals surface area contributed by atoms with Gasteiger partial charge in [-0.3, -0.25) is 14.9 Å². The lowest BCUT2D eigenvalue weighted by Gasteiger charge is -2.09. The molecule has 1 aromatic heterocycles. The number of aryl methyl sites for hydroxylation is 1. The van der Waals surface area contributed by atoms with Crippen LogP contribution in [0.15, 0.2) is 52.9 Å². The highest BCUT2D eigenvalue weighted by Gasteiger charge is 2.17. The third-order valence-electron chi connectivity index (χ3n) is 4.17. The summed E-state index contributed by atoms with van der Waals surface area (Å²) in [7, 11) is 1.27. The Balaban J connectivity index is 1.83. The minimum absolute atomic E-state index is 0.0114. The van der Waals surface area contributed by atoms with Crippen molar-refractivity contribution in [1.29, 1.82) is 0 Å². The third kappa shape index (κ3) is 4.27. The number of nitrogens with zero attached hydrogens (tertiary/aromatic N) is 1. The number of benzene rings is 2. The lowest BCUT2D eigenvalue weighted by atomic mass is 10.1. The number of esters is 1. The lowest BCUT2D eigenvalue weighted by molar-refractivity contribution is -0.384. The van der Waals surface area contributed by atoms with Gasteiger partial charge in [0.25, 0.3) is 11.6 Å². The zero-order valence-corrected chi connectivity index (χ0v) is 16.1. The molecule has 0 aliphatic carbocycles. The number of nitrogens with one attached hydrogen (secondary N) is 1. The number of carbonyl (C=O) groups excluding carboxylic acids is 2. The number of hydrogen-bond donors (Lipinski definition) is 1. The van der Waals surface area contributed by atoms with Gasteiger partial charge in [-0.15, -0.1) is 0 Å². The highest BCUT2D eigenvalue weighted by Crippen LogP contribution is 2.32. The van der Waals surface area contributed by atoms with Gasteiger partial charge in [0.05, 0.1) is 22.6 Å². The monoisotopic (exact) mass is 414 g/mol. The fourth-order valence-corrected chi connectivity index (χ4v) is 2.88. The van der Waals surface area contributed by atoms with Gasteiger partial charge in [0.2, 0.25) is 0 Å². The predicted octanol–water partition coefficient (Wildman–Crippen LogP) is 4.86. The van der Waals surface area contributed by atoms with Crippen molar-refractivity contribution < 1.29 is 23.7 Å². The molecule has 1 N–H and O–H groups in total. The van der Waals surface area contributed by atoms with Gasteiger partial charge >= 0.3 is 5.97 Å². The Bertz CT molecular complexity index is 1120. The zero-order chi connectivity index (χ0) is 21.1. The topological polar surface area (TPSA) is 112 Å². The van der Waals surface area contributed by atoms with E-state index in [4.69, 9.17) is 16.0 Å². The van der Waals surface area contributed by atoms with Crippen LogP contribution in [0, 0.1) is 17.0 Å². The normalized spacial score (nSPS) is 10.4. The number of halogens is 1. The summed E-state index contributed by atoms with van der Waals surface area (Å²) in [6.07, 6.45) is 0. The molecule has 9 heteroatoms. The van der Waals surface area contributed by atoms with Gasteiger partial charge in [-0.2, -0.15) is 0 Å². The summed E-state index contributed by atoms with van der Waals surface area (Å²) in [4.78, 5) is 34.5. The highest BCUT2D eigenvalue weighted by atomic mass is 35.5. The molecule has 0 unspecified atom stereocenters. The Morgan fingerprint density at radius 1 is 1.14 bits per heavy atom. The molecule has 0 saturated carbocycles. The molecule has 3 rings (SSSR count). The van der Waals surface area contributed by atoms with Crippen molar-refractivity contribution >= 4 is 34.9 Å². The Morgan fingerprint density at radius 2 is 1.90 bits per heavy atom. The van der Waals surface area contributed by atoms with Crippen molar-refractivity contribution in [2.45, 2.75) is 6.92 Å². The number of nitro groups is 1. The molecule has 1 amide bonds. The number of non-ortho nitro benzene ring substituents is 1. The van der Waals surface area contributed by atoms with Crippen LogP contribution in [-0.4, -0.2) is 23.9 Å². The molecule has 0 fully saturated rings. The number of amides is 1. The van der Waals surface area contributed by atoms with Crippen LogP contribution in [0.5, 0.6) is 0 Å². The summed E-state index contributed by atoms with van der Waals surface area (Å²) in [5, 5.41) is 13.6. The minimum Gasteiger partial charge on any atom is -0.465 e. The average Bonchev–Trinajstić information content (AvgIpc) is 3.18. The first-order chi connectivity index (χ1) is 13.8. The number of nitro benzene ring substituents is 1. The number of ether oxygens (including phenoxy) is 1. The van der Waals surface area contributed by atoms with Gasteiger partial charge < -0.3 is 14.5 Å². The van der Waals surface area contributed by atoms with Crippen LogP contribution in [0.25, 0.3) is 11.3 Å². The van der Waals surface area contributed by atoms with E-state index in [0.29, 0.717) is 16.8 Å². The first-order valence-corrected chi connectivity index (χ1v) is 8.72. The Morgan fingerprint density at radius 3 is 2.55 bits per heavy atom. The van der Waals surface area contributed by atoms with Crippen molar-refractivity contribution in [2.75, 3.05) is 12.4 Å². The predicted molar refractivity (Wildman–Crippen MR) is 106 cm³/mol. The van der Waals surface area contributed by atoms with E-state index in [1.165, 1.54) is 37.4 Å². The van der Waals surface area contributed by atoms with Crippen LogP contribution in [-0.2, 0) is 4.74 Å². The highest BCUT2D eigenvalue weighted by molar-refractivity contribution is 6.33. The van der Waals surface area contributed by atoms with E-state index in [1.807, 2.05) is 0 Å². The zero-order valence-electron chi connectivity index (χ0n) is 15.4. The molecule has 2 aromatic carbocycles. The molecule has 0 radical (unpaired) electrons. The van der Waals surface area contributed by atoms with Gasteiger partial charge in [-0.05, 0) is 42.8 Å². The number of carbonyl (C=O) groups is 2. The molecule has 3 aromatic rings. The quantitative estimate of drug-likeness (QED) is 0.362. The van der Waals surface area contributed by atoms with Crippen LogP contribution < -0.4 is 5.32 Å². The van der Waals surface area contributed by atoms with Crippen molar-refractivity contribution in [3.8, 4) is 11.3 Å². The molecule has 0 bridgehead atoms. The van der Waals surface area contributed by atoms with Crippen molar-refractivity contribution in [3.05, 3.63) is 80.6 Å². The second-order valence-corrected chi connectivity index (χ2v) is 6.47. The summed E-state index contributed by atoms with van der Waals surface area (Å²) >= 11 is 6.10. The van der Waals surface area contributed by atoms with Crippen molar-refractivity contribution in [3.63, 3.8) is 0 Å². The van der Waals surface area contributed by atoms with E-state index in [2.05, 4.69) is 10.1 Å². The summed E-state index contributed by atoms with van der Waals surface area (Å²) in [6.45, 7) is 1.78. The van der Waals surface area contributed by atoms with Gasteiger partial charge in [-0.1, -0.05) is 17.7 Å². The second-order valence-electron chi connectivity index (χ2n) is 6.06. The molecule has 0 aliphatic heterocycles. The summed E-state index contributed by atoms with van der Waals surface area (Å²) < 4.78 is 10.2. The molecule has 0 spiro atoms. The SMILES string of the molecule is COC(=O)c1ccc(C)c(NC(=O)c2ccc(-c3ccc([N+](=O)[O-])cc3Cl)o2)c1. The Labute approximate surface area is 170 Å². The average molecular weight is 415 g/mol. The maximum atomic E-state index is 12.5. The van der Waals surface area contributed by atoms with Crippen molar-refractivity contribution in [1.82, 2.24) is 0 Å². The van der Waals surface area contributed by atoms with E-state index in [9.17, 15) is 19.7 Å². The number of anilines is 1. The van der Waals surface area contributed by atoms with Gasteiger partial charge in [0, 0.05) is 23.4 Å². The second kappa shape index (κ2) is 8.15. The van der Waals surface area contributed by atoms with E-state index < -0.39 is 16.8 Å². The number of methoxy groups -OCH3 is 1. The molecular formula is C20H15ClN2O6. The largest absolute Gasteiger partial charge is 0.465 e. The smallest absolute Gasteiger partial charge is 0.337 e. The lowest BCUT2D eigenvalue weighted by Crippen LogP contribution is -2.13.